The van der Waals surface area contributed by atoms with Crippen LogP contribution in [0, 0.1) is 6.92 Å². The largest absolute Gasteiger partial charge is 0.416 e. The van der Waals surface area contributed by atoms with Crippen molar-refractivity contribution < 1.29 is 13.2 Å². The zero-order valence-electron chi connectivity index (χ0n) is 14.9. The van der Waals surface area contributed by atoms with E-state index in [1.807, 2.05) is 11.3 Å². The van der Waals surface area contributed by atoms with Crippen molar-refractivity contribution in [3.05, 3.63) is 44.6 Å². The van der Waals surface area contributed by atoms with Gasteiger partial charge in [-0.2, -0.15) is 13.2 Å². The molecule has 0 aliphatic carbocycles. The Kier molecular flexibility index (Phi) is 4.52. The van der Waals surface area contributed by atoms with E-state index in [9.17, 15) is 13.2 Å². The molecule has 0 bridgehead atoms. The number of nitrogens with one attached hydrogen (secondary N) is 1. The Balaban J connectivity index is 1.62. The Labute approximate surface area is 159 Å². The van der Waals surface area contributed by atoms with E-state index in [1.165, 1.54) is 33.0 Å². The van der Waals surface area contributed by atoms with Gasteiger partial charge >= 0.3 is 6.18 Å². The van der Waals surface area contributed by atoms with Crippen LogP contribution in [0.15, 0.2) is 23.1 Å². The van der Waals surface area contributed by atoms with Crippen molar-refractivity contribution in [2.45, 2.75) is 56.2 Å². The smallest absolute Gasteiger partial charge is 0.368 e. The number of thioether (sulfide) groups is 1. The van der Waals surface area contributed by atoms with Crippen molar-refractivity contribution in [2.75, 3.05) is 11.9 Å². The molecule has 7 heteroatoms. The minimum absolute atomic E-state index is 0.000848. The maximum absolute atomic E-state index is 13.0. The van der Waals surface area contributed by atoms with Gasteiger partial charge in [-0.1, -0.05) is 11.8 Å². The van der Waals surface area contributed by atoms with Crippen molar-refractivity contribution in [2.24, 2.45) is 0 Å². The molecular formula is C19H21F3N2S2. The third kappa shape index (κ3) is 3.14. The van der Waals surface area contributed by atoms with Crippen LogP contribution in [0.4, 0.5) is 18.9 Å². The van der Waals surface area contributed by atoms with Gasteiger partial charge in [0, 0.05) is 45.0 Å². The zero-order chi connectivity index (χ0) is 18.6. The summed E-state index contributed by atoms with van der Waals surface area (Å²) >= 11 is 3.46. The van der Waals surface area contributed by atoms with Gasteiger partial charge in [-0.15, -0.1) is 11.3 Å². The molecule has 0 saturated carbocycles. The van der Waals surface area contributed by atoms with Gasteiger partial charge in [-0.05, 0) is 51.0 Å². The molecule has 1 unspecified atom stereocenters. The van der Waals surface area contributed by atoms with E-state index in [1.54, 1.807) is 17.8 Å². The number of aryl methyl sites for hydroxylation is 1. The predicted octanol–water partition coefficient (Wildman–Crippen LogP) is 6.06. The Morgan fingerprint density at radius 3 is 2.73 bits per heavy atom. The van der Waals surface area contributed by atoms with Crippen molar-refractivity contribution >= 4 is 28.8 Å². The average molecular weight is 399 g/mol. The molecule has 0 spiro atoms. The lowest BCUT2D eigenvalue weighted by Crippen LogP contribution is -2.35. The van der Waals surface area contributed by atoms with Crippen LogP contribution in [-0.2, 0) is 19.1 Å². The highest BCUT2D eigenvalue weighted by molar-refractivity contribution is 8.00. The van der Waals surface area contributed by atoms with E-state index in [2.05, 4.69) is 31.0 Å². The van der Waals surface area contributed by atoms with Crippen LogP contribution in [0.3, 0.4) is 0 Å². The van der Waals surface area contributed by atoms with E-state index in [-0.39, 0.29) is 5.37 Å². The molecule has 1 N–H and O–H groups in total. The number of alkyl halides is 3. The first kappa shape index (κ1) is 18.2. The molecule has 1 atom stereocenters. The van der Waals surface area contributed by atoms with Gasteiger partial charge in [-0.25, -0.2) is 0 Å². The summed E-state index contributed by atoms with van der Waals surface area (Å²) in [7, 11) is 0. The van der Waals surface area contributed by atoms with Gasteiger partial charge in [0.25, 0.3) is 0 Å². The number of rotatable bonds is 2. The summed E-state index contributed by atoms with van der Waals surface area (Å²) in [5.74, 6) is 0. The lowest BCUT2D eigenvalue weighted by Gasteiger charge is -2.31. The Bertz CT molecular complexity index is 842. The van der Waals surface area contributed by atoms with E-state index in [0.29, 0.717) is 11.7 Å². The minimum Gasteiger partial charge on any atom is -0.368 e. The van der Waals surface area contributed by atoms with Gasteiger partial charge in [-0.3, -0.25) is 4.90 Å². The van der Waals surface area contributed by atoms with E-state index < -0.39 is 11.7 Å². The number of hydrogen-bond acceptors (Lipinski definition) is 4. The van der Waals surface area contributed by atoms with E-state index in [4.69, 9.17) is 0 Å². The molecule has 2 aliphatic rings. The third-order valence-corrected chi connectivity index (χ3v) is 7.49. The van der Waals surface area contributed by atoms with Gasteiger partial charge in [0.1, 0.15) is 5.37 Å². The van der Waals surface area contributed by atoms with Crippen molar-refractivity contribution in [1.29, 1.82) is 0 Å². The number of benzene rings is 1. The third-order valence-electron chi connectivity index (χ3n) is 5.14. The number of halogens is 3. The minimum atomic E-state index is -4.31. The summed E-state index contributed by atoms with van der Waals surface area (Å²) in [6, 6.07) is 4.52. The normalized spacial score (nSPS) is 20.2. The molecule has 4 rings (SSSR count). The maximum Gasteiger partial charge on any atom is 0.416 e. The summed E-state index contributed by atoms with van der Waals surface area (Å²) in [4.78, 5) is 6.05. The SMILES string of the molecule is Cc1sc2c(c1C1Nc3cc(C(F)(F)F)ccc3S1)CCN(C(C)C)C2. The predicted molar refractivity (Wildman–Crippen MR) is 102 cm³/mol. The standard InChI is InChI=1S/C19H21F3N2S2/c1-10(2)24-7-6-13-16(9-24)25-11(3)17(13)18-23-14-8-12(19(20,21)22)4-5-15(14)26-18/h4-5,8,10,18,23H,6-7,9H2,1-3H3. The molecule has 26 heavy (non-hydrogen) atoms. The van der Waals surface area contributed by atoms with Crippen LogP contribution in [0.2, 0.25) is 0 Å². The Morgan fingerprint density at radius 1 is 1.27 bits per heavy atom. The highest BCUT2D eigenvalue weighted by Gasteiger charge is 2.35. The Morgan fingerprint density at radius 2 is 2.04 bits per heavy atom. The average Bonchev–Trinajstić information content (AvgIpc) is 3.11. The molecule has 2 aromatic rings. The fourth-order valence-electron chi connectivity index (χ4n) is 3.72. The second-order valence-corrected chi connectivity index (χ2v) is 9.60. The molecule has 3 heterocycles. The summed E-state index contributed by atoms with van der Waals surface area (Å²) in [5, 5.41) is 3.33. The molecule has 140 valence electrons. The van der Waals surface area contributed by atoms with E-state index in [0.717, 1.165) is 24.4 Å². The van der Waals surface area contributed by atoms with Gasteiger partial charge < -0.3 is 5.32 Å². The van der Waals surface area contributed by atoms with Crippen LogP contribution in [-0.4, -0.2) is 17.5 Å². The van der Waals surface area contributed by atoms with Gasteiger partial charge in [0.15, 0.2) is 0 Å². The number of nitrogens with zero attached hydrogens (tertiary/aromatic N) is 1. The molecule has 0 fully saturated rings. The van der Waals surface area contributed by atoms with Crippen LogP contribution in [0.5, 0.6) is 0 Å². The number of fused-ring (bicyclic) bond motifs is 2. The summed E-state index contributed by atoms with van der Waals surface area (Å²) < 4.78 is 38.9. The van der Waals surface area contributed by atoms with Gasteiger partial charge in [0.2, 0.25) is 0 Å². The molecule has 1 aromatic heterocycles. The molecule has 1 aromatic carbocycles. The first-order chi connectivity index (χ1) is 12.2. The Hall–Kier alpha value is -1.18. The van der Waals surface area contributed by atoms with E-state index >= 15 is 0 Å². The molecular weight excluding hydrogens is 377 g/mol. The number of thiophene rings is 1. The molecule has 0 radical (unpaired) electrons. The van der Waals surface area contributed by atoms with Crippen LogP contribution >= 0.6 is 23.1 Å². The summed E-state index contributed by atoms with van der Waals surface area (Å²) in [6.45, 7) is 8.58. The topological polar surface area (TPSA) is 15.3 Å². The number of anilines is 1. The monoisotopic (exact) mass is 398 g/mol. The quantitative estimate of drug-likeness (QED) is 0.662. The lowest BCUT2D eigenvalue weighted by molar-refractivity contribution is -0.137. The molecule has 2 nitrogen and oxygen atoms in total. The van der Waals surface area contributed by atoms with Crippen molar-refractivity contribution in [3.8, 4) is 0 Å². The fourth-order valence-corrected chi connectivity index (χ4v) is 6.35. The summed E-state index contributed by atoms with van der Waals surface area (Å²) in [5.41, 5.74) is 2.68. The van der Waals surface area contributed by atoms with Gasteiger partial charge in [0.05, 0.1) is 5.56 Å². The second kappa shape index (κ2) is 6.46. The molecule has 0 saturated heterocycles. The zero-order valence-corrected chi connectivity index (χ0v) is 16.5. The molecule has 0 amide bonds. The first-order valence-corrected chi connectivity index (χ1v) is 10.4. The second-order valence-electron chi connectivity index (χ2n) is 7.14. The first-order valence-electron chi connectivity index (χ1n) is 8.73. The van der Waals surface area contributed by atoms with Crippen LogP contribution in [0.1, 0.15) is 45.7 Å². The summed E-state index contributed by atoms with van der Waals surface area (Å²) in [6.07, 6.45) is -3.30. The highest BCUT2D eigenvalue weighted by Crippen LogP contribution is 2.51. The lowest BCUT2D eigenvalue weighted by atomic mass is 10.0. The van der Waals surface area contributed by atoms with Crippen molar-refractivity contribution in [1.82, 2.24) is 4.90 Å². The number of hydrogen-bond donors (Lipinski definition) is 1. The van der Waals surface area contributed by atoms with Crippen molar-refractivity contribution in [3.63, 3.8) is 0 Å². The van der Waals surface area contributed by atoms with Crippen LogP contribution < -0.4 is 5.32 Å². The fraction of sp³-hybridized carbons (Fsp3) is 0.474. The highest BCUT2D eigenvalue weighted by atomic mass is 32.2. The van der Waals surface area contributed by atoms with Crippen LogP contribution in [0.25, 0.3) is 0 Å². The molecule has 2 aliphatic heterocycles. The maximum atomic E-state index is 13.0.